The highest BCUT2D eigenvalue weighted by atomic mass is 35.5. The molecule has 704 valence electrons. The fourth-order valence-corrected chi connectivity index (χ4v) is 23.5. The number of nitrogen functional groups attached to an aromatic ring is 3. The van der Waals surface area contributed by atoms with Crippen LogP contribution in [-0.2, 0) is 114 Å². The summed E-state index contributed by atoms with van der Waals surface area (Å²) >= 11 is 30.0. The fraction of sp³-hybridized carbons (Fsp3) is 0.651. The average Bonchev–Trinajstić information content (AvgIpc) is 1.58. The van der Waals surface area contributed by atoms with Gasteiger partial charge in [0, 0.05) is 24.0 Å². The molecule has 0 saturated carbocycles. The summed E-state index contributed by atoms with van der Waals surface area (Å²) in [7, 11) is -20.0. The maximum absolute atomic E-state index is 15.5. The van der Waals surface area contributed by atoms with Crippen molar-refractivity contribution in [3.05, 3.63) is 118 Å². The fourth-order valence-electron chi connectivity index (χ4n) is 13.6. The van der Waals surface area contributed by atoms with Gasteiger partial charge in [-0.3, -0.25) is 120 Å². The van der Waals surface area contributed by atoms with E-state index in [4.69, 9.17) is 167 Å². The molecule has 5 unspecified atom stereocenters. The Morgan fingerprint density at radius 1 is 0.425 bits per heavy atom. The molecule has 17 rings (SSSR count). The summed E-state index contributed by atoms with van der Waals surface area (Å²) < 4.78 is 261. The van der Waals surface area contributed by atoms with Crippen LogP contribution in [0.2, 0.25) is 0 Å². The highest BCUT2D eigenvalue weighted by Gasteiger charge is 2.69. The zero-order valence-corrected chi connectivity index (χ0v) is 75.6. The van der Waals surface area contributed by atoms with Crippen molar-refractivity contribution in [1.82, 2.24) is 67.7 Å². The smallest absolute Gasteiger partial charge is 0.382 e. The Balaban J connectivity index is 0.000000136. The Morgan fingerprint density at radius 2 is 0.732 bits per heavy atom. The van der Waals surface area contributed by atoms with Gasteiger partial charge in [-0.05, 0) is 76.2 Å². The van der Waals surface area contributed by atoms with Gasteiger partial charge in [-0.1, -0.05) is 58.0 Å². The summed E-state index contributed by atoms with van der Waals surface area (Å²) in [5, 5.41) is -13.6. The average molecular weight is 2020 g/mol. The molecule has 10 aliphatic heterocycles. The third-order valence-corrected chi connectivity index (χ3v) is 28.8. The maximum atomic E-state index is 15.5. The number of rotatable bonds is 15. The van der Waals surface area contributed by atoms with Gasteiger partial charge in [0.15, 0.2) is 84.6 Å². The number of hydrogen-bond acceptors (Lipinski definition) is 40. The molecule has 7 aromatic rings. The lowest BCUT2D eigenvalue weighted by molar-refractivity contribution is -0.0751. The third kappa shape index (κ3) is 20.3. The van der Waals surface area contributed by atoms with Gasteiger partial charge in [0.2, 0.25) is 11.8 Å². The van der Waals surface area contributed by atoms with Crippen LogP contribution < -0.4 is 50.9 Å². The first-order valence-corrected chi connectivity index (χ1v) is 46.8. The van der Waals surface area contributed by atoms with E-state index in [0.29, 0.717) is 10.8 Å². The molecule has 64 heteroatoms. The first kappa shape index (κ1) is 98.4. The van der Waals surface area contributed by atoms with E-state index >= 15 is 22.0 Å². The van der Waals surface area contributed by atoms with Gasteiger partial charge in [0.25, 0.3) is 42.3 Å². The van der Waals surface area contributed by atoms with Crippen LogP contribution in [-0.4, -0.2) is 218 Å². The Bertz CT molecular complexity index is 5800. The Hall–Kier alpha value is -6.08. The van der Waals surface area contributed by atoms with Crippen LogP contribution in [0.3, 0.4) is 0 Å². The quantitative estimate of drug-likeness (QED) is 0.0320. The molecule has 127 heavy (non-hydrogen) atoms. The number of ether oxygens (including phenoxy) is 5. The van der Waals surface area contributed by atoms with Crippen molar-refractivity contribution < 1.29 is 141 Å². The second-order valence-corrected chi connectivity index (χ2v) is 40.9. The number of alkyl halides is 10. The normalized spacial score (nSPS) is 37.8. The highest BCUT2D eigenvalue weighted by molar-refractivity contribution is 7.49. The molecule has 0 spiro atoms. The lowest BCUT2D eigenvalue weighted by Crippen LogP contribution is -2.45. The van der Waals surface area contributed by atoms with Gasteiger partial charge >= 0.3 is 56.2 Å². The molecule has 48 nitrogen and oxygen atoms in total. The van der Waals surface area contributed by atoms with Crippen LogP contribution >= 0.6 is 97.1 Å². The summed E-state index contributed by atoms with van der Waals surface area (Å²) in [5.41, 5.74) is 12.7. The number of hydrogen-bond donors (Lipinski definition) is 6. The molecule has 17 heterocycles. The number of aryl methyl sites for hydroxylation is 1. The Kier molecular flexibility index (Phi) is 28.5. The number of nitrogens with zero attached hydrogens (tertiary/aromatic N) is 11. The van der Waals surface area contributed by atoms with E-state index in [1.807, 2.05) is 9.97 Å². The predicted octanol–water partition coefficient (Wildman–Crippen LogP) is 8.21. The molecule has 0 amide bonds. The minimum absolute atomic E-state index is 0.0279. The minimum atomic E-state index is -4.09. The van der Waals surface area contributed by atoms with Gasteiger partial charge in [0.1, 0.15) is 47.9 Å². The molecule has 0 aromatic carbocycles. The summed E-state index contributed by atoms with van der Waals surface area (Å²) in [6, 6.07) is 1.02. The number of aromatic amines is 3. The van der Waals surface area contributed by atoms with Crippen LogP contribution in [0.15, 0.2) is 72.4 Å². The van der Waals surface area contributed by atoms with Gasteiger partial charge < -0.3 is 40.9 Å². The second-order valence-electron chi connectivity index (χ2n) is 30.1. The number of halogens is 11. The monoisotopic (exact) mass is 2010 g/mol. The van der Waals surface area contributed by atoms with E-state index in [-0.39, 0.29) is 78.5 Å². The first-order chi connectivity index (χ1) is 59.0. The predicted molar refractivity (Wildman–Crippen MR) is 424 cm³/mol. The Morgan fingerprint density at radius 3 is 1.08 bits per heavy atom. The Labute approximate surface area is 734 Å². The van der Waals surface area contributed by atoms with E-state index in [1.54, 1.807) is 74.2 Å². The number of nitrogens with two attached hydrogens (primary N) is 3. The number of imidazole rings is 2. The first-order valence-electron chi connectivity index (χ1n) is 37.6. The number of nitrogens with one attached hydrogen (secondary N) is 3. The summed E-state index contributed by atoms with van der Waals surface area (Å²) in [6.45, 7) is 16.2. The molecular weight excluding hydrogens is 1940 g/mol. The maximum Gasteiger partial charge on any atom is 0.475 e. The molecule has 9 N–H and O–H groups in total. The lowest BCUT2D eigenvalue weighted by atomic mass is 10.1. The molecular formula is C63H79Cl5F6N17O31P5. The zero-order valence-electron chi connectivity index (χ0n) is 67.3. The third-order valence-electron chi connectivity index (χ3n) is 18.7. The molecule has 7 aromatic heterocycles. The van der Waals surface area contributed by atoms with Crippen molar-refractivity contribution in [3.8, 4) is 0 Å². The van der Waals surface area contributed by atoms with Crippen molar-refractivity contribution in [2.24, 2.45) is 0 Å². The number of anilines is 3. The van der Waals surface area contributed by atoms with Crippen molar-refractivity contribution in [1.29, 1.82) is 0 Å². The van der Waals surface area contributed by atoms with Crippen LogP contribution in [0.25, 0.3) is 22.3 Å². The molecule has 0 radical (unpaired) electrons. The van der Waals surface area contributed by atoms with Crippen LogP contribution in [0.4, 0.5) is 43.9 Å². The van der Waals surface area contributed by atoms with Gasteiger partial charge in [-0.15, -0.1) is 0 Å². The largest absolute Gasteiger partial charge is 0.475 e. The van der Waals surface area contributed by atoms with Crippen molar-refractivity contribution in [3.63, 3.8) is 0 Å². The van der Waals surface area contributed by atoms with E-state index in [2.05, 4.69) is 29.9 Å². The SMILES string of the molecule is CC(C)OP1(=O)OC[C@H]2O[C@@H](n3cc(F)c(=O)[nH]c3=O)[C@](F)(Cl)[C@@H]2O1.CC(C)OP1(=O)OC[C@H]2O[C@@H](n3ccc(=O)[nH]c3=O)[C@](F)(Cl)[C@@H]2O1.CC(C)OP1(=O)OC[C@H]2O[C@@H](n3cnc4c(N)nc(N)nc43)[C@](F)(Cl)[C@@H]2O1.CC(C)OP1(=O)OC[C@H]2O[C@@H](n3cnc4c(N)ncnc43)[C@](F)(Cl)[C@@H]2O1.Cc1cn([C@@H]2O[C@@H]3COP(=O)(OC(C)C)O[C@H]3[C@@]2(F)Cl)c(=O)[nH]c1=O. The molecule has 25 atom stereocenters. The zero-order chi connectivity index (χ0) is 93.1. The van der Waals surface area contributed by atoms with Gasteiger partial charge in [-0.2, -0.15) is 14.4 Å². The molecule has 0 bridgehead atoms. The van der Waals surface area contributed by atoms with E-state index < -0.39 is 227 Å². The minimum Gasteiger partial charge on any atom is -0.382 e. The second kappa shape index (κ2) is 36.7. The standard InChI is InChI=1S/C13H17ClFN6O5P.C13H16ClFN5O5P.C13H17ClFN2O7P.C12H14ClF2N2O7P.C12H15ClFN2O7P/c1-5(2)25-27(22)23-3-6-8(26-27)13(14,15)11(24-6)21-4-18-7-9(16)19-12(17)20-10(7)21;1-6(2)24-26(21)22-3-7-9(25-26)13(14,15)12(23-7)20-5-19-8-10(16)17-4-18-11(8)20;1-6(2)23-25(20)21-5-8-9(24-25)13(14,15)11(22-8)17-4-7(3)10(18)16-12(17)19;1-5(2)23-25(20)21-4-7-8(24-25)12(13,15)10(22-7)17-3-6(14)9(18)16-11(17)19;1-6(2)22-24(19)20-5-7-9(23-24)12(13,14)10(21-7)16-4-3-8(17)15-11(16)18/h4-6,8,11H,3H2,1-2H3,(H4,16,17,19,20);4-7,9,12H,3H2,1-2H3,(H2,16,17,18);4,6,8-9,11H,5H2,1-3H3,(H,16,18,19);3,5,7-8,10H,4H2,1-2H3,(H,16,18,19);3-4,6-7,9-10H,5H2,1-2H3,(H,15,17,18)/t6-,8-,11-,13+,27?;7-,9-,12-,13+,26?;8-,9-,11-,13+,25?;7-,8-,10-,12+,25?;7-,9-,10-,12+,24?/m11111/s1. The van der Waals surface area contributed by atoms with Gasteiger partial charge in [-0.25, -0.2) is 79.1 Å². The van der Waals surface area contributed by atoms with Crippen molar-refractivity contribution in [2.45, 2.75) is 224 Å². The van der Waals surface area contributed by atoms with Crippen LogP contribution in [0, 0.1) is 12.7 Å². The topological polar surface area (TPSA) is 600 Å². The van der Waals surface area contributed by atoms with E-state index in [1.165, 1.54) is 35.0 Å². The summed E-state index contributed by atoms with van der Waals surface area (Å²) in [4.78, 5) is 98.9. The van der Waals surface area contributed by atoms with Gasteiger partial charge in [0.05, 0.1) is 82.4 Å². The number of fused-ring (bicyclic) bond motifs is 7. The van der Waals surface area contributed by atoms with Crippen molar-refractivity contribution >= 4 is 137 Å². The molecule has 10 saturated heterocycles. The lowest BCUT2D eigenvalue weighted by Gasteiger charge is -2.33. The number of phosphoric acid groups is 5. The van der Waals surface area contributed by atoms with Crippen LogP contribution in [0.5, 0.6) is 0 Å². The van der Waals surface area contributed by atoms with Crippen molar-refractivity contribution in [2.75, 3.05) is 50.2 Å². The highest BCUT2D eigenvalue weighted by Crippen LogP contribution is 2.67. The summed E-state index contributed by atoms with van der Waals surface area (Å²) in [5.74, 6) is -1.29. The number of aromatic nitrogens is 14. The molecule has 0 aliphatic carbocycles. The summed E-state index contributed by atoms with van der Waals surface area (Å²) in [6.07, 6.45) is -16.2. The number of H-pyrrole nitrogens is 3. The molecule has 10 aliphatic rings. The van der Waals surface area contributed by atoms with E-state index in [0.717, 1.165) is 27.6 Å². The van der Waals surface area contributed by atoms with E-state index in [9.17, 15) is 56.0 Å². The molecule has 10 fully saturated rings. The number of phosphoric ester groups is 5. The van der Waals surface area contributed by atoms with Crippen LogP contribution in [0.1, 0.15) is 106 Å².